The third kappa shape index (κ3) is 4.60. The van der Waals surface area contributed by atoms with Gasteiger partial charge in [0.2, 0.25) is 0 Å². The lowest BCUT2D eigenvalue weighted by Gasteiger charge is -2.11. The molecule has 50 heavy (non-hydrogen) atoms. The summed E-state index contributed by atoms with van der Waals surface area (Å²) in [5, 5.41) is 4.40. The summed E-state index contributed by atoms with van der Waals surface area (Å²) in [6.07, 6.45) is 0. The van der Waals surface area contributed by atoms with Gasteiger partial charge in [-0.15, -0.1) is 0 Å². The molecule has 0 aliphatic carbocycles. The van der Waals surface area contributed by atoms with Crippen LogP contribution in [0.2, 0.25) is 0 Å². The van der Waals surface area contributed by atoms with E-state index >= 15 is 0 Å². The van der Waals surface area contributed by atoms with Crippen molar-refractivity contribution >= 4 is 43.7 Å². The maximum Gasteiger partial charge on any atom is 0.164 e. The fourth-order valence-electron chi connectivity index (χ4n) is 7.12. The lowest BCUT2D eigenvalue weighted by atomic mass is 10.0. The third-order valence-electron chi connectivity index (χ3n) is 9.48. The number of para-hydroxylation sites is 3. The summed E-state index contributed by atoms with van der Waals surface area (Å²) in [6, 6.07) is 58.6. The normalized spacial score (nSPS) is 11.6. The van der Waals surface area contributed by atoms with Crippen molar-refractivity contribution in [3.05, 3.63) is 170 Å². The molecular weight excluding hydrogens is 613 g/mol. The monoisotopic (exact) mass is 640 g/mol. The summed E-state index contributed by atoms with van der Waals surface area (Å²) in [4.78, 5) is 15.5. The number of hydrogen-bond donors (Lipinski definition) is 0. The van der Waals surface area contributed by atoms with E-state index in [-0.39, 0.29) is 0 Å². The van der Waals surface area contributed by atoms with Gasteiger partial charge in [0.15, 0.2) is 17.5 Å². The van der Waals surface area contributed by atoms with Gasteiger partial charge in [0.05, 0.1) is 11.0 Å². The number of rotatable bonds is 5. The number of aromatic nitrogens is 4. The van der Waals surface area contributed by atoms with Crippen molar-refractivity contribution in [2.45, 2.75) is 0 Å². The van der Waals surface area contributed by atoms with Gasteiger partial charge in [0.1, 0.15) is 11.2 Å². The van der Waals surface area contributed by atoms with Gasteiger partial charge in [0, 0.05) is 43.9 Å². The van der Waals surface area contributed by atoms with Gasteiger partial charge in [-0.1, -0.05) is 133 Å². The Morgan fingerprint density at radius 3 is 1.78 bits per heavy atom. The van der Waals surface area contributed by atoms with Crippen LogP contribution in [0.3, 0.4) is 0 Å². The Morgan fingerprint density at radius 2 is 0.960 bits per heavy atom. The zero-order valence-corrected chi connectivity index (χ0v) is 26.9. The molecule has 0 fully saturated rings. The first-order valence-corrected chi connectivity index (χ1v) is 16.7. The first-order valence-electron chi connectivity index (χ1n) is 16.7. The second-order valence-electron chi connectivity index (χ2n) is 12.4. The highest BCUT2D eigenvalue weighted by Crippen LogP contribution is 2.38. The average molecular weight is 641 g/mol. The molecule has 0 spiro atoms. The first kappa shape index (κ1) is 28.2. The number of nitrogens with zero attached hydrogens (tertiary/aromatic N) is 4. The van der Waals surface area contributed by atoms with Crippen molar-refractivity contribution in [3.8, 4) is 51.0 Å². The molecule has 10 rings (SSSR count). The predicted octanol–water partition coefficient (Wildman–Crippen LogP) is 11.5. The van der Waals surface area contributed by atoms with E-state index in [0.717, 1.165) is 66.5 Å². The van der Waals surface area contributed by atoms with E-state index in [4.69, 9.17) is 19.4 Å². The Labute approximate surface area is 287 Å². The zero-order chi connectivity index (χ0) is 33.0. The molecule has 0 saturated carbocycles. The summed E-state index contributed by atoms with van der Waals surface area (Å²) in [5.41, 5.74) is 10.0. The minimum absolute atomic E-state index is 0.595. The van der Waals surface area contributed by atoms with Crippen LogP contribution in [0.5, 0.6) is 0 Å². The zero-order valence-electron chi connectivity index (χ0n) is 26.9. The lowest BCUT2D eigenvalue weighted by molar-refractivity contribution is 0.669. The molecule has 5 heteroatoms. The van der Waals surface area contributed by atoms with E-state index in [1.807, 2.05) is 42.5 Å². The Bertz CT molecular complexity index is 2850. The Kier molecular flexibility index (Phi) is 6.42. The maximum absolute atomic E-state index is 6.26. The van der Waals surface area contributed by atoms with Crippen LogP contribution in [0.15, 0.2) is 174 Å². The fourth-order valence-corrected chi connectivity index (χ4v) is 7.12. The molecule has 7 aromatic carbocycles. The first-order chi connectivity index (χ1) is 24.8. The molecule has 0 bridgehead atoms. The van der Waals surface area contributed by atoms with Crippen molar-refractivity contribution in [3.63, 3.8) is 0 Å². The highest BCUT2D eigenvalue weighted by Gasteiger charge is 2.19. The minimum Gasteiger partial charge on any atom is -0.456 e. The van der Waals surface area contributed by atoms with Crippen LogP contribution in [0.25, 0.3) is 94.7 Å². The fraction of sp³-hybridized carbons (Fsp3) is 0. The third-order valence-corrected chi connectivity index (χ3v) is 9.48. The Morgan fingerprint density at radius 1 is 0.380 bits per heavy atom. The van der Waals surface area contributed by atoms with E-state index in [2.05, 4.69) is 132 Å². The summed E-state index contributed by atoms with van der Waals surface area (Å²) in [7, 11) is 0. The van der Waals surface area contributed by atoms with Gasteiger partial charge in [-0.05, 0) is 47.5 Å². The highest BCUT2D eigenvalue weighted by atomic mass is 16.3. The van der Waals surface area contributed by atoms with Gasteiger partial charge in [-0.2, -0.15) is 0 Å². The predicted molar refractivity (Wildman–Crippen MR) is 203 cm³/mol. The Balaban J connectivity index is 1.21. The van der Waals surface area contributed by atoms with E-state index < -0.39 is 0 Å². The van der Waals surface area contributed by atoms with E-state index in [1.165, 1.54) is 10.8 Å². The van der Waals surface area contributed by atoms with Gasteiger partial charge in [-0.3, -0.25) is 0 Å². The standard InChI is InChI=1S/C45H28N4O/c1-3-12-29(13-4-1)30-22-24-31(25-23-30)43-46-44(48-45(47-43)37-18-11-21-41-42(37)36-17-8-10-20-40(36)50-41)32-26-27-35-34-16-7-9-19-38(34)49(39(35)28-32)33-14-5-2-6-15-33/h1-28H. The Hall–Kier alpha value is -6.85. The second-order valence-corrected chi connectivity index (χ2v) is 12.4. The summed E-state index contributed by atoms with van der Waals surface area (Å²) < 4.78 is 8.58. The SMILES string of the molecule is c1ccc(-c2ccc(-c3nc(-c4ccc5c6ccccc6n(-c6ccccc6)c5c4)nc(-c4cccc5oc6ccccc6c45)n3)cc2)cc1. The molecule has 0 aliphatic rings. The maximum atomic E-state index is 6.26. The number of fused-ring (bicyclic) bond motifs is 6. The van der Waals surface area contributed by atoms with Crippen molar-refractivity contribution in [2.24, 2.45) is 0 Å². The van der Waals surface area contributed by atoms with Crippen LogP contribution in [0, 0.1) is 0 Å². The van der Waals surface area contributed by atoms with Crippen molar-refractivity contribution in [2.75, 3.05) is 0 Å². The molecule has 0 saturated heterocycles. The molecule has 3 aromatic heterocycles. The molecule has 0 amide bonds. The van der Waals surface area contributed by atoms with Gasteiger partial charge >= 0.3 is 0 Å². The molecule has 3 heterocycles. The van der Waals surface area contributed by atoms with Crippen LogP contribution in [0.1, 0.15) is 0 Å². The van der Waals surface area contributed by atoms with Crippen molar-refractivity contribution in [1.29, 1.82) is 0 Å². The summed E-state index contributed by atoms with van der Waals surface area (Å²) in [6.45, 7) is 0. The largest absolute Gasteiger partial charge is 0.456 e. The molecule has 0 unspecified atom stereocenters. The molecule has 10 aromatic rings. The molecule has 5 nitrogen and oxygen atoms in total. The second kappa shape index (κ2) is 11.4. The van der Waals surface area contributed by atoms with Crippen LogP contribution in [0.4, 0.5) is 0 Å². The lowest BCUT2D eigenvalue weighted by Crippen LogP contribution is -2.01. The summed E-state index contributed by atoms with van der Waals surface area (Å²) >= 11 is 0. The van der Waals surface area contributed by atoms with Crippen LogP contribution >= 0.6 is 0 Å². The van der Waals surface area contributed by atoms with Crippen molar-refractivity contribution < 1.29 is 4.42 Å². The quantitative estimate of drug-likeness (QED) is 0.188. The van der Waals surface area contributed by atoms with Gasteiger partial charge in [0.25, 0.3) is 0 Å². The topological polar surface area (TPSA) is 56.7 Å². The number of benzene rings is 7. The van der Waals surface area contributed by atoms with Crippen molar-refractivity contribution in [1.82, 2.24) is 19.5 Å². The summed E-state index contributed by atoms with van der Waals surface area (Å²) in [5.74, 6) is 1.81. The van der Waals surface area contributed by atoms with E-state index in [0.29, 0.717) is 17.5 Å². The highest BCUT2D eigenvalue weighted by molar-refractivity contribution is 6.12. The van der Waals surface area contributed by atoms with E-state index in [1.54, 1.807) is 0 Å². The van der Waals surface area contributed by atoms with Crippen LogP contribution in [-0.4, -0.2) is 19.5 Å². The molecule has 234 valence electrons. The smallest absolute Gasteiger partial charge is 0.164 e. The van der Waals surface area contributed by atoms with E-state index in [9.17, 15) is 0 Å². The minimum atomic E-state index is 0.595. The molecule has 0 radical (unpaired) electrons. The number of hydrogen-bond acceptors (Lipinski definition) is 4. The van der Waals surface area contributed by atoms with Gasteiger partial charge < -0.3 is 8.98 Å². The van der Waals surface area contributed by atoms with Crippen LogP contribution in [-0.2, 0) is 0 Å². The number of furan rings is 1. The molecular formula is C45H28N4O. The average Bonchev–Trinajstić information content (AvgIpc) is 3.74. The van der Waals surface area contributed by atoms with Crippen LogP contribution < -0.4 is 0 Å². The molecule has 0 aliphatic heterocycles. The molecule has 0 N–H and O–H groups in total. The van der Waals surface area contributed by atoms with Gasteiger partial charge in [-0.25, -0.2) is 15.0 Å². The molecule has 0 atom stereocenters.